The van der Waals surface area contributed by atoms with Gasteiger partial charge in [-0.2, -0.15) is 0 Å². The maximum absolute atomic E-state index is 12.5. The molecule has 0 aromatic carbocycles. The first-order valence-corrected chi connectivity index (χ1v) is 8.94. The molecule has 26 heavy (non-hydrogen) atoms. The van der Waals surface area contributed by atoms with E-state index in [1.165, 1.54) is 0 Å². The Hall–Kier alpha value is -2.19. The lowest BCUT2D eigenvalue weighted by molar-refractivity contribution is 0.0117. The predicted octanol–water partition coefficient (Wildman–Crippen LogP) is 1.74. The van der Waals surface area contributed by atoms with E-state index in [1.807, 2.05) is 39.8 Å². The number of nitrogens with zero attached hydrogens (tertiary/aromatic N) is 4. The minimum atomic E-state index is -0.234. The average molecular weight is 361 g/mol. The number of ether oxygens (including phenoxy) is 1. The summed E-state index contributed by atoms with van der Waals surface area (Å²) in [7, 11) is 0. The Kier molecular flexibility index (Phi) is 5.43. The molecule has 8 heteroatoms. The van der Waals surface area contributed by atoms with Crippen molar-refractivity contribution < 1.29 is 13.9 Å². The van der Waals surface area contributed by atoms with E-state index in [-0.39, 0.29) is 17.5 Å². The molecular formula is C18H27N5O3. The highest BCUT2D eigenvalue weighted by atomic mass is 16.5. The van der Waals surface area contributed by atoms with Gasteiger partial charge in [-0.1, -0.05) is 5.21 Å². The van der Waals surface area contributed by atoms with Gasteiger partial charge in [0.15, 0.2) is 5.69 Å². The average Bonchev–Trinajstić information content (AvgIpc) is 3.25. The Morgan fingerprint density at radius 2 is 2.04 bits per heavy atom. The topological polar surface area (TPSA) is 85.4 Å². The highest BCUT2D eigenvalue weighted by Gasteiger charge is 2.26. The molecule has 0 bridgehead atoms. The molecule has 142 valence electrons. The number of carbonyl (C=O) groups is 1. The first kappa shape index (κ1) is 18.6. The van der Waals surface area contributed by atoms with Crippen molar-refractivity contribution in [3.8, 4) is 0 Å². The Bertz CT molecular complexity index is 740. The summed E-state index contributed by atoms with van der Waals surface area (Å²) in [5.41, 5.74) is 0.101. The summed E-state index contributed by atoms with van der Waals surface area (Å²) < 4.78 is 13.0. The van der Waals surface area contributed by atoms with Gasteiger partial charge < -0.3 is 14.5 Å². The van der Waals surface area contributed by atoms with Gasteiger partial charge in [0.1, 0.15) is 11.5 Å². The monoisotopic (exact) mass is 361 g/mol. The van der Waals surface area contributed by atoms with Crippen molar-refractivity contribution in [2.75, 3.05) is 32.8 Å². The zero-order chi connectivity index (χ0) is 18.7. The lowest BCUT2D eigenvalue weighted by atomic mass is 10.1. The number of aromatic nitrogens is 3. The minimum Gasteiger partial charge on any atom is -0.465 e. The van der Waals surface area contributed by atoms with Gasteiger partial charge in [0.2, 0.25) is 0 Å². The molecule has 1 aliphatic rings. The molecule has 8 nitrogen and oxygen atoms in total. The van der Waals surface area contributed by atoms with E-state index >= 15 is 0 Å². The molecule has 1 atom stereocenters. The number of carbonyl (C=O) groups excluding carboxylic acids is 1. The smallest absolute Gasteiger partial charge is 0.273 e. The van der Waals surface area contributed by atoms with Crippen molar-refractivity contribution in [3.63, 3.8) is 0 Å². The number of hydrogen-bond acceptors (Lipinski definition) is 6. The summed E-state index contributed by atoms with van der Waals surface area (Å²) in [6.45, 7) is 11.4. The fourth-order valence-electron chi connectivity index (χ4n) is 2.91. The number of amides is 1. The number of hydrogen-bond donors (Lipinski definition) is 1. The van der Waals surface area contributed by atoms with E-state index in [2.05, 4.69) is 20.5 Å². The molecule has 0 aliphatic carbocycles. The summed E-state index contributed by atoms with van der Waals surface area (Å²) in [5, 5.41) is 11.0. The zero-order valence-electron chi connectivity index (χ0n) is 15.9. The van der Waals surface area contributed by atoms with Crippen LogP contribution in [-0.4, -0.2) is 58.6 Å². The van der Waals surface area contributed by atoms with Crippen LogP contribution < -0.4 is 5.32 Å². The molecule has 0 saturated carbocycles. The molecule has 1 aliphatic heterocycles. The second kappa shape index (κ2) is 7.59. The third-order valence-corrected chi connectivity index (χ3v) is 4.45. The van der Waals surface area contributed by atoms with Crippen LogP contribution in [0.5, 0.6) is 0 Å². The molecule has 0 radical (unpaired) electrons. The molecule has 1 fully saturated rings. The van der Waals surface area contributed by atoms with Crippen molar-refractivity contribution in [1.82, 2.24) is 25.2 Å². The molecule has 3 heterocycles. The Morgan fingerprint density at radius 1 is 1.31 bits per heavy atom. The van der Waals surface area contributed by atoms with Crippen LogP contribution >= 0.6 is 0 Å². The minimum absolute atomic E-state index is 0.0331. The third-order valence-electron chi connectivity index (χ3n) is 4.45. The van der Waals surface area contributed by atoms with Gasteiger partial charge in [0.25, 0.3) is 5.91 Å². The number of furan rings is 1. The van der Waals surface area contributed by atoms with Crippen LogP contribution in [0.2, 0.25) is 0 Å². The quantitative estimate of drug-likeness (QED) is 0.873. The fourth-order valence-corrected chi connectivity index (χ4v) is 2.91. The van der Waals surface area contributed by atoms with Gasteiger partial charge in [-0.3, -0.25) is 9.69 Å². The largest absolute Gasteiger partial charge is 0.465 e. The summed E-state index contributed by atoms with van der Waals surface area (Å²) in [5.74, 6) is 1.47. The van der Waals surface area contributed by atoms with Gasteiger partial charge in [0, 0.05) is 19.6 Å². The Labute approximate surface area is 153 Å². The summed E-state index contributed by atoms with van der Waals surface area (Å²) in [6, 6.07) is 3.88. The van der Waals surface area contributed by atoms with Gasteiger partial charge in [-0.15, -0.1) is 5.10 Å². The second-order valence-corrected chi connectivity index (χ2v) is 7.54. The Balaban J connectivity index is 1.69. The van der Waals surface area contributed by atoms with Crippen LogP contribution in [0.1, 0.15) is 48.8 Å². The maximum Gasteiger partial charge on any atom is 0.273 e. The number of morpholine rings is 1. The van der Waals surface area contributed by atoms with Crippen LogP contribution in [0.4, 0.5) is 0 Å². The predicted molar refractivity (Wildman–Crippen MR) is 95.9 cm³/mol. The van der Waals surface area contributed by atoms with Crippen molar-refractivity contribution in [3.05, 3.63) is 35.5 Å². The van der Waals surface area contributed by atoms with Gasteiger partial charge in [-0.25, -0.2) is 4.68 Å². The summed E-state index contributed by atoms with van der Waals surface area (Å²) in [4.78, 5) is 14.8. The van der Waals surface area contributed by atoms with Crippen molar-refractivity contribution in [2.45, 2.75) is 39.3 Å². The van der Waals surface area contributed by atoms with Gasteiger partial charge >= 0.3 is 0 Å². The fraction of sp³-hybridized carbons (Fsp3) is 0.611. The van der Waals surface area contributed by atoms with Crippen LogP contribution in [0.15, 0.2) is 22.7 Å². The van der Waals surface area contributed by atoms with Crippen molar-refractivity contribution >= 4 is 5.91 Å². The van der Waals surface area contributed by atoms with E-state index in [0.29, 0.717) is 25.5 Å². The van der Waals surface area contributed by atoms with E-state index < -0.39 is 0 Å². The van der Waals surface area contributed by atoms with E-state index in [4.69, 9.17) is 9.15 Å². The zero-order valence-corrected chi connectivity index (χ0v) is 15.9. The Morgan fingerprint density at radius 3 is 2.62 bits per heavy atom. The van der Waals surface area contributed by atoms with Crippen molar-refractivity contribution in [2.24, 2.45) is 0 Å². The normalized spacial score (nSPS) is 17.2. The lowest BCUT2D eigenvalue weighted by Gasteiger charge is -2.33. The number of aryl methyl sites for hydroxylation is 1. The molecule has 0 spiro atoms. The molecule has 1 N–H and O–H groups in total. The standard InChI is InChI=1S/C18H27N5O3/c1-13-5-6-16(26-13)15(22-7-9-25-10-8-22)11-19-17(24)14-12-23(21-20-14)18(2,3)4/h5-6,12,15H,7-11H2,1-4H3,(H,19,24). The first-order chi connectivity index (χ1) is 12.3. The molecule has 3 rings (SSSR count). The summed E-state index contributed by atoms with van der Waals surface area (Å²) in [6.07, 6.45) is 1.68. The maximum atomic E-state index is 12.5. The first-order valence-electron chi connectivity index (χ1n) is 8.94. The highest BCUT2D eigenvalue weighted by Crippen LogP contribution is 2.23. The molecule has 1 unspecified atom stereocenters. The third kappa shape index (κ3) is 4.31. The van der Waals surface area contributed by atoms with Crippen LogP contribution in [0, 0.1) is 6.92 Å². The van der Waals surface area contributed by atoms with Crippen molar-refractivity contribution in [1.29, 1.82) is 0 Å². The van der Waals surface area contributed by atoms with Gasteiger partial charge in [0.05, 0.1) is 31.0 Å². The molecule has 2 aromatic rings. The number of rotatable bonds is 5. The van der Waals surface area contributed by atoms with Crippen LogP contribution in [0.3, 0.4) is 0 Å². The lowest BCUT2D eigenvalue weighted by Crippen LogP contribution is -2.43. The van der Waals surface area contributed by atoms with E-state index in [9.17, 15) is 4.79 Å². The van der Waals surface area contributed by atoms with Crippen LogP contribution in [-0.2, 0) is 10.3 Å². The van der Waals surface area contributed by atoms with E-state index in [0.717, 1.165) is 24.6 Å². The van der Waals surface area contributed by atoms with Gasteiger partial charge in [-0.05, 0) is 39.8 Å². The molecule has 2 aromatic heterocycles. The highest BCUT2D eigenvalue weighted by molar-refractivity contribution is 5.91. The number of nitrogens with one attached hydrogen (secondary N) is 1. The van der Waals surface area contributed by atoms with E-state index in [1.54, 1.807) is 10.9 Å². The molecule has 1 amide bonds. The summed E-state index contributed by atoms with van der Waals surface area (Å²) >= 11 is 0. The molecular weight excluding hydrogens is 334 g/mol. The second-order valence-electron chi connectivity index (χ2n) is 7.54. The molecule has 1 saturated heterocycles. The van der Waals surface area contributed by atoms with Crippen LogP contribution in [0.25, 0.3) is 0 Å². The SMILES string of the molecule is Cc1ccc(C(CNC(=O)c2cn(C(C)(C)C)nn2)N2CCOCC2)o1.